The molecule has 2 aromatic rings. The van der Waals surface area contributed by atoms with E-state index in [2.05, 4.69) is 15.0 Å². The number of hydrogen-bond donors (Lipinski definition) is 2. The van der Waals surface area contributed by atoms with Crippen molar-refractivity contribution in [1.82, 2.24) is 15.0 Å². The molecule has 1 aromatic carbocycles. The number of hydrogen-bond acceptors (Lipinski definition) is 5. The fourth-order valence-electron chi connectivity index (χ4n) is 3.11. The van der Waals surface area contributed by atoms with Crippen molar-refractivity contribution in [1.29, 1.82) is 0 Å². The molecule has 0 saturated heterocycles. The van der Waals surface area contributed by atoms with E-state index in [1.165, 1.54) is 17.0 Å². The minimum Gasteiger partial charge on any atom is -0.352 e. The van der Waals surface area contributed by atoms with Crippen LogP contribution in [-0.4, -0.2) is 31.9 Å². The number of thiazole rings is 1. The predicted molar refractivity (Wildman–Crippen MR) is 107 cm³/mol. The molecule has 0 unspecified atom stereocenters. The minimum absolute atomic E-state index is 0.139. The lowest BCUT2D eigenvalue weighted by atomic mass is 10.0. The van der Waals surface area contributed by atoms with Gasteiger partial charge in [0.05, 0.1) is 21.2 Å². The number of aryl methyl sites for hydroxylation is 2. The summed E-state index contributed by atoms with van der Waals surface area (Å²) in [6.07, 6.45) is 5.00. The van der Waals surface area contributed by atoms with Gasteiger partial charge in [-0.15, -0.1) is 11.3 Å². The molecular formula is C19H24FN3O3S2. The summed E-state index contributed by atoms with van der Waals surface area (Å²) in [6.45, 7) is 3.68. The van der Waals surface area contributed by atoms with Gasteiger partial charge < -0.3 is 5.32 Å². The first kappa shape index (κ1) is 20.9. The van der Waals surface area contributed by atoms with Gasteiger partial charge >= 0.3 is 0 Å². The maximum absolute atomic E-state index is 14.1. The molecule has 1 heterocycles. The van der Waals surface area contributed by atoms with Crippen LogP contribution >= 0.6 is 11.3 Å². The maximum atomic E-state index is 14.1. The summed E-state index contributed by atoms with van der Waals surface area (Å²) >= 11 is 1.67. The Morgan fingerprint density at radius 3 is 2.75 bits per heavy atom. The molecule has 0 saturated carbocycles. The molecule has 1 aromatic heterocycles. The molecule has 1 aliphatic rings. The number of rotatable bonds is 7. The summed E-state index contributed by atoms with van der Waals surface area (Å²) in [5.74, 6) is -1.40. The molecule has 1 aliphatic carbocycles. The van der Waals surface area contributed by atoms with Gasteiger partial charge in [0.25, 0.3) is 5.91 Å². The maximum Gasteiger partial charge on any atom is 0.254 e. The summed E-state index contributed by atoms with van der Waals surface area (Å²) in [5.41, 5.74) is 0.879. The normalized spacial score (nSPS) is 14.1. The van der Waals surface area contributed by atoms with Gasteiger partial charge in [0.2, 0.25) is 10.0 Å². The zero-order valence-corrected chi connectivity index (χ0v) is 17.6. The number of fused-ring (bicyclic) bond motifs is 1. The molecule has 3 rings (SSSR count). The summed E-state index contributed by atoms with van der Waals surface area (Å²) in [6, 6.07) is 2.91. The number of aromatic nitrogens is 1. The summed E-state index contributed by atoms with van der Waals surface area (Å²) in [4.78, 5) is 18.2. The zero-order chi connectivity index (χ0) is 20.3. The second-order valence-corrected chi connectivity index (χ2v) is 9.99. The third-order valence-electron chi connectivity index (χ3n) is 4.40. The van der Waals surface area contributed by atoms with Crippen LogP contribution in [0.2, 0.25) is 0 Å². The standard InChI is InChI=1S/C19H24FN3O3S2/c1-12(2)23-28(25,26)13-7-8-15(20)14(11-13)19(24)21-10-9-18-22-16-5-3-4-6-17(16)27-18/h7-8,11-12,23H,3-6,9-10H2,1-2H3,(H,21,24). The van der Waals surface area contributed by atoms with Gasteiger partial charge in [-0.2, -0.15) is 0 Å². The highest BCUT2D eigenvalue weighted by Gasteiger charge is 2.20. The van der Waals surface area contributed by atoms with Crippen molar-refractivity contribution in [3.05, 3.63) is 45.2 Å². The first-order valence-corrected chi connectivity index (χ1v) is 11.6. The Balaban J connectivity index is 1.65. The van der Waals surface area contributed by atoms with Crippen LogP contribution in [-0.2, 0) is 29.3 Å². The first-order chi connectivity index (χ1) is 13.3. The number of benzene rings is 1. The zero-order valence-electron chi connectivity index (χ0n) is 15.9. The van der Waals surface area contributed by atoms with Crippen LogP contribution in [0.1, 0.15) is 52.6 Å². The van der Waals surface area contributed by atoms with Crippen molar-refractivity contribution in [2.24, 2.45) is 0 Å². The fraction of sp³-hybridized carbons (Fsp3) is 0.474. The van der Waals surface area contributed by atoms with Gasteiger partial charge in [-0.25, -0.2) is 22.5 Å². The minimum atomic E-state index is -3.80. The Labute approximate surface area is 168 Å². The van der Waals surface area contributed by atoms with E-state index in [1.54, 1.807) is 25.2 Å². The average molecular weight is 426 g/mol. The second kappa shape index (κ2) is 8.67. The summed E-state index contributed by atoms with van der Waals surface area (Å²) in [5, 5.41) is 3.62. The lowest BCUT2D eigenvalue weighted by molar-refractivity contribution is 0.0950. The van der Waals surface area contributed by atoms with Crippen molar-refractivity contribution >= 4 is 27.3 Å². The van der Waals surface area contributed by atoms with E-state index in [9.17, 15) is 17.6 Å². The Hall–Kier alpha value is -1.84. The molecule has 0 bridgehead atoms. The van der Waals surface area contributed by atoms with Gasteiger partial charge in [0.15, 0.2) is 0 Å². The molecular weight excluding hydrogens is 401 g/mol. The fourth-order valence-corrected chi connectivity index (χ4v) is 5.55. The lowest BCUT2D eigenvalue weighted by Crippen LogP contribution is -2.31. The molecule has 0 spiro atoms. The Morgan fingerprint density at radius 2 is 2.04 bits per heavy atom. The number of halogens is 1. The molecule has 0 atom stereocenters. The van der Waals surface area contributed by atoms with Gasteiger partial charge in [-0.05, 0) is 57.7 Å². The molecule has 1 amide bonds. The monoisotopic (exact) mass is 425 g/mol. The van der Waals surface area contributed by atoms with Crippen molar-refractivity contribution in [3.63, 3.8) is 0 Å². The molecule has 0 fully saturated rings. The van der Waals surface area contributed by atoms with Gasteiger partial charge in [0.1, 0.15) is 5.82 Å². The molecule has 9 heteroatoms. The van der Waals surface area contributed by atoms with Crippen LogP contribution in [0, 0.1) is 5.82 Å². The Morgan fingerprint density at radius 1 is 1.29 bits per heavy atom. The van der Waals surface area contributed by atoms with E-state index in [4.69, 9.17) is 0 Å². The van der Waals surface area contributed by atoms with E-state index < -0.39 is 21.7 Å². The lowest BCUT2D eigenvalue weighted by Gasteiger charge is -2.11. The predicted octanol–water partition coefficient (Wildman–Crippen LogP) is 2.82. The number of sulfonamides is 1. The highest BCUT2D eigenvalue weighted by Crippen LogP contribution is 2.26. The molecule has 0 aliphatic heterocycles. The third kappa shape index (κ3) is 4.95. The second-order valence-electron chi connectivity index (χ2n) is 7.11. The van der Waals surface area contributed by atoms with Crippen LogP contribution in [0.5, 0.6) is 0 Å². The topological polar surface area (TPSA) is 88.2 Å². The molecule has 2 N–H and O–H groups in total. The van der Waals surface area contributed by atoms with E-state index >= 15 is 0 Å². The highest BCUT2D eigenvalue weighted by atomic mass is 32.2. The largest absolute Gasteiger partial charge is 0.352 e. The molecule has 6 nitrogen and oxygen atoms in total. The SMILES string of the molecule is CC(C)NS(=O)(=O)c1ccc(F)c(C(=O)NCCc2nc3c(s2)CCCC3)c1. The summed E-state index contributed by atoms with van der Waals surface area (Å²) < 4.78 is 41.0. The van der Waals surface area contributed by atoms with Crippen molar-refractivity contribution in [2.75, 3.05) is 6.54 Å². The number of nitrogens with zero attached hydrogens (tertiary/aromatic N) is 1. The number of amides is 1. The van der Waals surface area contributed by atoms with Gasteiger partial charge in [-0.3, -0.25) is 4.79 Å². The van der Waals surface area contributed by atoms with Crippen LogP contribution in [0.4, 0.5) is 4.39 Å². The van der Waals surface area contributed by atoms with Crippen LogP contribution < -0.4 is 10.0 Å². The van der Waals surface area contributed by atoms with Crippen molar-refractivity contribution in [2.45, 2.75) is 56.9 Å². The van der Waals surface area contributed by atoms with E-state index in [-0.39, 0.29) is 16.5 Å². The van der Waals surface area contributed by atoms with E-state index in [0.717, 1.165) is 42.5 Å². The number of carbonyl (C=O) groups is 1. The van der Waals surface area contributed by atoms with Crippen LogP contribution in [0.15, 0.2) is 23.1 Å². The Bertz CT molecular complexity index is 947. The third-order valence-corrected chi connectivity index (χ3v) is 7.27. The van der Waals surface area contributed by atoms with E-state index in [1.807, 2.05) is 0 Å². The van der Waals surface area contributed by atoms with Crippen LogP contribution in [0.3, 0.4) is 0 Å². The van der Waals surface area contributed by atoms with Gasteiger partial charge in [0, 0.05) is 23.9 Å². The van der Waals surface area contributed by atoms with Gasteiger partial charge in [-0.1, -0.05) is 0 Å². The quantitative estimate of drug-likeness (QED) is 0.714. The molecule has 152 valence electrons. The summed E-state index contributed by atoms with van der Waals surface area (Å²) in [7, 11) is -3.80. The molecule has 28 heavy (non-hydrogen) atoms. The number of carbonyl (C=O) groups excluding carboxylic acids is 1. The van der Waals surface area contributed by atoms with Crippen LogP contribution in [0.25, 0.3) is 0 Å². The average Bonchev–Trinajstić information content (AvgIpc) is 3.03. The smallest absolute Gasteiger partial charge is 0.254 e. The molecule has 0 radical (unpaired) electrons. The van der Waals surface area contributed by atoms with E-state index in [0.29, 0.717) is 13.0 Å². The highest BCUT2D eigenvalue weighted by molar-refractivity contribution is 7.89. The Kier molecular flexibility index (Phi) is 6.47. The van der Waals surface area contributed by atoms with Crippen molar-refractivity contribution in [3.8, 4) is 0 Å². The first-order valence-electron chi connectivity index (χ1n) is 9.34. The number of nitrogens with one attached hydrogen (secondary N) is 2. The van der Waals surface area contributed by atoms with Crippen molar-refractivity contribution < 1.29 is 17.6 Å².